The predicted octanol–water partition coefficient (Wildman–Crippen LogP) is 2.37. The van der Waals surface area contributed by atoms with Crippen LogP contribution in [0, 0.1) is 0 Å². The zero-order valence-corrected chi connectivity index (χ0v) is 15.4. The Labute approximate surface area is 157 Å². The van der Waals surface area contributed by atoms with Crippen molar-refractivity contribution < 1.29 is 23.8 Å². The van der Waals surface area contributed by atoms with E-state index in [9.17, 15) is 14.7 Å². The maximum absolute atomic E-state index is 12.7. The number of aromatic hydroxyl groups is 1. The summed E-state index contributed by atoms with van der Waals surface area (Å²) in [5.74, 6) is -2.15. The van der Waals surface area contributed by atoms with Gasteiger partial charge in [0.05, 0.1) is 11.1 Å². The van der Waals surface area contributed by atoms with Gasteiger partial charge in [-0.3, -0.25) is 4.79 Å². The van der Waals surface area contributed by atoms with Crippen LogP contribution in [0.25, 0.3) is 5.65 Å². The van der Waals surface area contributed by atoms with E-state index < -0.39 is 17.4 Å². The van der Waals surface area contributed by atoms with Gasteiger partial charge < -0.3 is 9.84 Å². The number of hydrogen-bond donors (Lipinski definition) is 1. The van der Waals surface area contributed by atoms with Crippen molar-refractivity contribution in [3.8, 4) is 5.88 Å². The van der Waals surface area contributed by atoms with Gasteiger partial charge in [-0.25, -0.2) is 14.3 Å². The van der Waals surface area contributed by atoms with Crippen LogP contribution in [0.1, 0.15) is 35.1 Å². The van der Waals surface area contributed by atoms with E-state index in [1.807, 2.05) is 0 Å². The van der Waals surface area contributed by atoms with E-state index in [-0.39, 0.29) is 18.1 Å². The van der Waals surface area contributed by atoms with Gasteiger partial charge in [-0.15, -0.1) is 11.3 Å². The molecule has 0 bridgehead atoms. The maximum atomic E-state index is 12.7. The molecule has 0 aliphatic heterocycles. The fourth-order valence-electron chi connectivity index (χ4n) is 2.72. The summed E-state index contributed by atoms with van der Waals surface area (Å²) in [7, 11) is 0. The summed E-state index contributed by atoms with van der Waals surface area (Å²) in [6.45, 7) is 2.02. The van der Waals surface area contributed by atoms with Crippen molar-refractivity contribution in [2.45, 2.75) is 31.9 Å². The second kappa shape index (κ2) is 6.07. The van der Waals surface area contributed by atoms with E-state index in [4.69, 9.17) is 16.3 Å². The number of aromatic nitrogens is 3. The third kappa shape index (κ3) is 2.95. The number of rotatable bonds is 5. The van der Waals surface area contributed by atoms with E-state index in [1.165, 1.54) is 15.7 Å². The number of esters is 1. The number of Topliss-reactive ketones (excluding diaryl/α,β-unsaturated/α-hetero) is 1. The average Bonchev–Trinajstić information content (AvgIpc) is 3.08. The molecule has 4 rings (SSSR count). The second-order valence-corrected chi connectivity index (χ2v) is 8.13. The third-order valence-corrected chi connectivity index (χ3v) is 5.46. The molecule has 0 atom stereocenters. The molecule has 1 saturated carbocycles. The molecule has 0 saturated heterocycles. The largest absolute Gasteiger partial charge is 0.474 e. The second-order valence-electron chi connectivity index (χ2n) is 6.44. The number of carbonyl (C=O) groups excluding carboxylic acids is 2. The SMILES string of the molecule is CC1(OC(=O)C(=O)c2c(O)[n+]3ccccc3n2Cc2cnc(Cl)s2)CC1. The van der Waals surface area contributed by atoms with Gasteiger partial charge >= 0.3 is 17.6 Å². The molecule has 3 aromatic heterocycles. The lowest BCUT2D eigenvalue weighted by atomic mass is 10.2. The van der Waals surface area contributed by atoms with Gasteiger partial charge in [-0.1, -0.05) is 17.7 Å². The Kier molecular flexibility index (Phi) is 3.96. The Morgan fingerprint density at radius 1 is 1.46 bits per heavy atom. The smallest absolute Gasteiger partial charge is 0.384 e. The highest BCUT2D eigenvalue weighted by molar-refractivity contribution is 7.15. The number of fused-ring (bicyclic) bond motifs is 1. The first kappa shape index (κ1) is 17.0. The Hall–Kier alpha value is -2.45. The van der Waals surface area contributed by atoms with Gasteiger partial charge in [-0.2, -0.15) is 4.40 Å². The van der Waals surface area contributed by atoms with Crippen molar-refractivity contribution >= 4 is 40.3 Å². The zero-order valence-electron chi connectivity index (χ0n) is 13.8. The maximum Gasteiger partial charge on any atom is 0.384 e. The highest BCUT2D eigenvalue weighted by atomic mass is 35.5. The summed E-state index contributed by atoms with van der Waals surface area (Å²) in [4.78, 5) is 29.8. The lowest BCUT2D eigenvalue weighted by Crippen LogP contribution is -2.26. The van der Waals surface area contributed by atoms with Crippen LogP contribution in [-0.2, 0) is 16.1 Å². The topological polar surface area (TPSA) is 85.5 Å². The highest BCUT2D eigenvalue weighted by Gasteiger charge is 2.45. The van der Waals surface area contributed by atoms with Gasteiger partial charge in [0, 0.05) is 12.3 Å². The Morgan fingerprint density at radius 3 is 2.88 bits per heavy atom. The van der Waals surface area contributed by atoms with E-state index >= 15 is 0 Å². The summed E-state index contributed by atoms with van der Waals surface area (Å²) in [6, 6.07) is 5.24. The minimum Gasteiger partial charge on any atom is -0.474 e. The summed E-state index contributed by atoms with van der Waals surface area (Å²) in [5.41, 5.74) is -0.129. The third-order valence-electron chi connectivity index (χ3n) is 4.36. The van der Waals surface area contributed by atoms with Crippen LogP contribution in [-0.4, -0.2) is 32.0 Å². The molecule has 0 spiro atoms. The lowest BCUT2D eigenvalue weighted by molar-refractivity contribution is -0.521. The lowest BCUT2D eigenvalue weighted by Gasteiger charge is -2.09. The molecule has 1 N–H and O–H groups in total. The fourth-order valence-corrected chi connectivity index (χ4v) is 3.69. The number of ether oxygens (including phenoxy) is 1. The fraction of sp³-hybridized carbons (Fsp3) is 0.294. The Balaban J connectivity index is 1.79. The van der Waals surface area contributed by atoms with Crippen LogP contribution < -0.4 is 4.40 Å². The van der Waals surface area contributed by atoms with Gasteiger partial charge in [0.15, 0.2) is 4.47 Å². The highest BCUT2D eigenvalue weighted by Crippen LogP contribution is 2.39. The first-order valence-electron chi connectivity index (χ1n) is 7.98. The quantitative estimate of drug-likeness (QED) is 0.312. The van der Waals surface area contributed by atoms with Crippen molar-refractivity contribution in [3.05, 3.63) is 45.6 Å². The molecule has 7 nitrogen and oxygen atoms in total. The molecule has 0 unspecified atom stereocenters. The summed E-state index contributed by atoms with van der Waals surface area (Å²) in [6.07, 6.45) is 4.68. The number of halogens is 1. The van der Waals surface area contributed by atoms with Crippen molar-refractivity contribution in [2.24, 2.45) is 0 Å². The molecular formula is C17H15ClN3O4S+. The molecule has 3 heterocycles. The van der Waals surface area contributed by atoms with Crippen molar-refractivity contribution in [2.75, 3.05) is 0 Å². The standard InChI is InChI=1S/C17H14ClN3O4S/c1-17(5-6-17)25-15(24)13(22)12-14(23)20-7-3-2-4-11(20)21(12)9-10-8-19-16(18)26-10/h2-4,7-8H,5-6,9H2,1H3/p+1. The molecule has 9 heteroatoms. The number of imidazole rings is 1. The van der Waals surface area contributed by atoms with E-state index in [0.717, 1.165) is 17.7 Å². The van der Waals surface area contributed by atoms with Crippen molar-refractivity contribution in [1.82, 2.24) is 9.55 Å². The van der Waals surface area contributed by atoms with Crippen molar-refractivity contribution in [1.29, 1.82) is 0 Å². The molecule has 134 valence electrons. The minimum absolute atomic E-state index is 0.116. The first-order chi connectivity index (χ1) is 12.4. The van der Waals surface area contributed by atoms with E-state index in [2.05, 4.69) is 4.98 Å². The molecule has 1 aliphatic rings. The number of carbonyl (C=O) groups is 2. The van der Waals surface area contributed by atoms with Gasteiger partial charge in [0.2, 0.25) is 0 Å². The summed E-state index contributed by atoms with van der Waals surface area (Å²) < 4.78 is 8.66. The van der Waals surface area contributed by atoms with Crippen LogP contribution >= 0.6 is 22.9 Å². The monoisotopic (exact) mass is 392 g/mol. The number of thiazole rings is 1. The average molecular weight is 393 g/mol. The molecule has 1 fully saturated rings. The number of ketones is 1. The Morgan fingerprint density at radius 2 is 2.23 bits per heavy atom. The van der Waals surface area contributed by atoms with Crippen LogP contribution in [0.2, 0.25) is 4.47 Å². The summed E-state index contributed by atoms with van der Waals surface area (Å²) in [5, 5.41) is 10.6. The van der Waals surface area contributed by atoms with Gasteiger partial charge in [-0.05, 0) is 25.8 Å². The van der Waals surface area contributed by atoms with Crippen LogP contribution in [0.4, 0.5) is 0 Å². The Bertz CT molecular complexity index is 1040. The van der Waals surface area contributed by atoms with Gasteiger partial charge in [0.25, 0.3) is 11.3 Å². The normalized spacial score (nSPS) is 15.2. The van der Waals surface area contributed by atoms with Crippen molar-refractivity contribution in [3.63, 3.8) is 0 Å². The summed E-state index contributed by atoms with van der Waals surface area (Å²) >= 11 is 7.15. The van der Waals surface area contributed by atoms with Crippen LogP contribution in [0.5, 0.6) is 5.88 Å². The molecule has 1 aliphatic carbocycles. The molecule has 0 radical (unpaired) electrons. The molecule has 0 amide bonds. The van der Waals surface area contributed by atoms with E-state index in [1.54, 1.807) is 42.1 Å². The predicted molar refractivity (Wildman–Crippen MR) is 93.5 cm³/mol. The number of hydrogen-bond acceptors (Lipinski definition) is 6. The molecule has 0 aromatic carbocycles. The zero-order chi connectivity index (χ0) is 18.5. The molecular weight excluding hydrogens is 378 g/mol. The van der Waals surface area contributed by atoms with E-state index in [0.29, 0.717) is 10.1 Å². The minimum atomic E-state index is -0.965. The van der Waals surface area contributed by atoms with Gasteiger partial charge in [0.1, 0.15) is 12.1 Å². The van der Waals surface area contributed by atoms with Crippen LogP contribution in [0.3, 0.4) is 0 Å². The number of nitrogens with zero attached hydrogens (tertiary/aromatic N) is 3. The van der Waals surface area contributed by atoms with Crippen LogP contribution in [0.15, 0.2) is 30.6 Å². The molecule has 3 aromatic rings. The molecule has 26 heavy (non-hydrogen) atoms. The first-order valence-corrected chi connectivity index (χ1v) is 9.17. The number of pyridine rings is 1.